The van der Waals surface area contributed by atoms with E-state index in [4.69, 9.17) is 10.00 Å². The Hall–Kier alpha value is -2.06. The average Bonchev–Trinajstić information content (AvgIpc) is 2.78. The molecule has 0 saturated carbocycles. The van der Waals surface area contributed by atoms with Gasteiger partial charge < -0.3 is 14.7 Å². The van der Waals surface area contributed by atoms with Crippen molar-refractivity contribution in [3.8, 4) is 6.07 Å². The van der Waals surface area contributed by atoms with Crippen LogP contribution in [0.5, 0.6) is 0 Å². The standard InChI is InChI=1S/C13H14N2O3/c14-6-11-7-15(8-12(11)16)13(17)18-9-10-4-2-1-3-5-10/h1-5,11-12,16H,7-9H2/t11-,12-/m0/s1. The van der Waals surface area contributed by atoms with Gasteiger partial charge in [0.2, 0.25) is 0 Å². The first-order valence-electron chi connectivity index (χ1n) is 5.74. The Morgan fingerprint density at radius 1 is 1.44 bits per heavy atom. The number of hydrogen-bond donors (Lipinski definition) is 1. The maximum absolute atomic E-state index is 11.7. The number of β-amino-alcohol motifs (C(OH)–C–C–N with tert-alkyl or cyclic N) is 1. The van der Waals surface area contributed by atoms with Crippen molar-refractivity contribution >= 4 is 6.09 Å². The van der Waals surface area contributed by atoms with Gasteiger partial charge in [-0.15, -0.1) is 0 Å². The number of ether oxygens (including phenoxy) is 1. The number of aliphatic hydroxyl groups excluding tert-OH is 1. The van der Waals surface area contributed by atoms with E-state index in [1.165, 1.54) is 4.90 Å². The van der Waals surface area contributed by atoms with Crippen molar-refractivity contribution in [1.82, 2.24) is 4.90 Å². The van der Waals surface area contributed by atoms with Gasteiger partial charge >= 0.3 is 6.09 Å². The van der Waals surface area contributed by atoms with Gasteiger partial charge in [-0.05, 0) is 5.56 Å². The van der Waals surface area contributed by atoms with Crippen molar-refractivity contribution < 1.29 is 14.6 Å². The minimum atomic E-state index is -0.778. The Morgan fingerprint density at radius 2 is 2.17 bits per heavy atom. The van der Waals surface area contributed by atoms with Gasteiger partial charge in [0.05, 0.1) is 24.6 Å². The summed E-state index contributed by atoms with van der Waals surface area (Å²) in [6.07, 6.45) is -1.27. The van der Waals surface area contributed by atoms with Crippen molar-refractivity contribution in [2.45, 2.75) is 12.7 Å². The van der Waals surface area contributed by atoms with Crippen LogP contribution in [-0.4, -0.2) is 35.3 Å². The third-order valence-corrected chi connectivity index (χ3v) is 2.92. The fourth-order valence-corrected chi connectivity index (χ4v) is 1.87. The summed E-state index contributed by atoms with van der Waals surface area (Å²) in [5.41, 5.74) is 0.905. The first-order chi connectivity index (χ1) is 8.70. The van der Waals surface area contributed by atoms with Crippen LogP contribution in [0, 0.1) is 17.2 Å². The zero-order valence-corrected chi connectivity index (χ0v) is 9.82. The number of benzene rings is 1. The summed E-state index contributed by atoms with van der Waals surface area (Å²) < 4.78 is 5.12. The minimum Gasteiger partial charge on any atom is -0.445 e. The second-order valence-electron chi connectivity index (χ2n) is 4.25. The fraction of sp³-hybridized carbons (Fsp3) is 0.385. The van der Waals surface area contributed by atoms with Crippen LogP contribution in [0.15, 0.2) is 30.3 Å². The Labute approximate surface area is 105 Å². The number of carbonyl (C=O) groups excluding carboxylic acids is 1. The van der Waals surface area contributed by atoms with Crippen LogP contribution in [-0.2, 0) is 11.3 Å². The molecule has 0 unspecified atom stereocenters. The van der Waals surface area contributed by atoms with Gasteiger partial charge in [-0.25, -0.2) is 4.79 Å². The Morgan fingerprint density at radius 3 is 2.78 bits per heavy atom. The van der Waals surface area contributed by atoms with E-state index in [0.717, 1.165) is 5.56 Å². The van der Waals surface area contributed by atoms with E-state index in [9.17, 15) is 9.90 Å². The summed E-state index contributed by atoms with van der Waals surface area (Å²) in [7, 11) is 0. The predicted molar refractivity (Wildman–Crippen MR) is 63.3 cm³/mol. The normalized spacial score (nSPS) is 22.6. The van der Waals surface area contributed by atoms with Gasteiger partial charge in [0.1, 0.15) is 6.61 Å². The number of carbonyl (C=O) groups is 1. The molecule has 0 aromatic heterocycles. The van der Waals surface area contributed by atoms with E-state index >= 15 is 0 Å². The number of amides is 1. The topological polar surface area (TPSA) is 73.6 Å². The molecule has 0 aliphatic carbocycles. The second kappa shape index (κ2) is 5.52. The van der Waals surface area contributed by atoms with Gasteiger partial charge in [0.25, 0.3) is 0 Å². The Kier molecular flexibility index (Phi) is 3.80. The molecule has 5 nitrogen and oxygen atoms in total. The lowest BCUT2D eigenvalue weighted by Gasteiger charge is -2.15. The van der Waals surface area contributed by atoms with Gasteiger partial charge in [-0.2, -0.15) is 5.26 Å². The molecule has 1 amide bonds. The molecular weight excluding hydrogens is 232 g/mol. The van der Waals surface area contributed by atoms with Crippen LogP contribution in [0.25, 0.3) is 0 Å². The summed E-state index contributed by atoms with van der Waals surface area (Å²) in [5.74, 6) is -0.519. The molecule has 0 bridgehead atoms. The Bertz CT molecular complexity index is 455. The molecule has 1 aliphatic rings. The van der Waals surface area contributed by atoms with Gasteiger partial charge in [0, 0.05) is 6.54 Å². The van der Waals surface area contributed by atoms with E-state index in [2.05, 4.69) is 0 Å². The van der Waals surface area contributed by atoms with E-state index in [0.29, 0.717) is 0 Å². The fourth-order valence-electron chi connectivity index (χ4n) is 1.87. The van der Waals surface area contributed by atoms with Crippen molar-refractivity contribution in [1.29, 1.82) is 5.26 Å². The summed E-state index contributed by atoms with van der Waals surface area (Å²) in [5, 5.41) is 18.3. The van der Waals surface area contributed by atoms with Gasteiger partial charge in [-0.3, -0.25) is 0 Å². The molecule has 1 aromatic rings. The summed E-state index contributed by atoms with van der Waals surface area (Å²) in [6, 6.07) is 11.3. The van der Waals surface area contributed by atoms with Crippen molar-refractivity contribution in [2.75, 3.05) is 13.1 Å². The SMILES string of the molecule is N#C[C@H]1CN(C(=O)OCc2ccccc2)C[C@@H]1O. The highest BCUT2D eigenvalue weighted by Gasteiger charge is 2.34. The maximum atomic E-state index is 11.7. The van der Waals surface area contributed by atoms with Crippen LogP contribution in [0.4, 0.5) is 4.79 Å². The summed E-state index contributed by atoms with van der Waals surface area (Å²) in [6.45, 7) is 0.584. The maximum Gasteiger partial charge on any atom is 0.410 e. The van der Waals surface area contributed by atoms with Crippen LogP contribution in [0.1, 0.15) is 5.56 Å². The zero-order chi connectivity index (χ0) is 13.0. The molecule has 2 atom stereocenters. The lowest BCUT2D eigenvalue weighted by molar-refractivity contribution is 0.0970. The smallest absolute Gasteiger partial charge is 0.410 e. The number of nitriles is 1. The van der Waals surface area contributed by atoms with Gasteiger partial charge in [-0.1, -0.05) is 30.3 Å². The molecule has 1 N–H and O–H groups in total. The number of hydrogen-bond acceptors (Lipinski definition) is 4. The van der Waals surface area contributed by atoms with Crippen LogP contribution < -0.4 is 0 Å². The molecule has 94 valence electrons. The molecule has 1 aromatic carbocycles. The zero-order valence-electron chi connectivity index (χ0n) is 9.82. The number of rotatable bonds is 2. The molecule has 1 fully saturated rings. The molecular formula is C13H14N2O3. The monoisotopic (exact) mass is 246 g/mol. The molecule has 0 radical (unpaired) electrons. The molecule has 1 saturated heterocycles. The summed E-state index contributed by atoms with van der Waals surface area (Å²) in [4.78, 5) is 13.1. The summed E-state index contributed by atoms with van der Waals surface area (Å²) >= 11 is 0. The average molecular weight is 246 g/mol. The van der Waals surface area contributed by atoms with Crippen molar-refractivity contribution in [2.24, 2.45) is 5.92 Å². The highest BCUT2D eigenvalue weighted by atomic mass is 16.6. The molecule has 2 rings (SSSR count). The molecule has 1 heterocycles. The van der Waals surface area contributed by atoms with E-state index in [1.807, 2.05) is 36.4 Å². The van der Waals surface area contributed by atoms with E-state index in [1.54, 1.807) is 0 Å². The number of likely N-dealkylation sites (tertiary alicyclic amines) is 1. The minimum absolute atomic E-state index is 0.159. The number of nitrogens with zero attached hydrogens (tertiary/aromatic N) is 2. The predicted octanol–water partition coefficient (Wildman–Crippen LogP) is 1.14. The lowest BCUT2D eigenvalue weighted by Crippen LogP contribution is -2.30. The van der Waals surface area contributed by atoms with Crippen LogP contribution in [0.2, 0.25) is 0 Å². The molecule has 0 spiro atoms. The first kappa shape index (κ1) is 12.4. The highest BCUT2D eigenvalue weighted by molar-refractivity contribution is 5.68. The second-order valence-corrected chi connectivity index (χ2v) is 4.25. The van der Waals surface area contributed by atoms with E-state index < -0.39 is 18.1 Å². The molecule has 18 heavy (non-hydrogen) atoms. The van der Waals surface area contributed by atoms with Crippen LogP contribution >= 0.6 is 0 Å². The third kappa shape index (κ3) is 2.79. The highest BCUT2D eigenvalue weighted by Crippen LogP contribution is 2.17. The molecule has 1 aliphatic heterocycles. The molecule has 5 heteroatoms. The Balaban J connectivity index is 1.85. The first-order valence-corrected chi connectivity index (χ1v) is 5.74. The lowest BCUT2D eigenvalue weighted by atomic mass is 10.1. The number of aliphatic hydroxyl groups is 1. The van der Waals surface area contributed by atoms with Crippen molar-refractivity contribution in [3.05, 3.63) is 35.9 Å². The quantitative estimate of drug-likeness (QED) is 0.849. The van der Waals surface area contributed by atoms with Crippen molar-refractivity contribution in [3.63, 3.8) is 0 Å². The van der Waals surface area contributed by atoms with Gasteiger partial charge in [0.15, 0.2) is 0 Å². The van der Waals surface area contributed by atoms with Crippen LogP contribution in [0.3, 0.4) is 0 Å². The largest absolute Gasteiger partial charge is 0.445 e. The van der Waals surface area contributed by atoms with E-state index in [-0.39, 0.29) is 19.7 Å². The third-order valence-electron chi connectivity index (χ3n) is 2.92.